The summed E-state index contributed by atoms with van der Waals surface area (Å²) in [5.41, 5.74) is 5.86. The number of rotatable bonds is 6. The summed E-state index contributed by atoms with van der Waals surface area (Å²) in [6, 6.07) is 2.35. The van der Waals surface area contributed by atoms with Gasteiger partial charge in [-0.15, -0.1) is 0 Å². The summed E-state index contributed by atoms with van der Waals surface area (Å²) in [6.45, 7) is 7.93. The number of hydrogen-bond acceptors (Lipinski definition) is 5. The summed E-state index contributed by atoms with van der Waals surface area (Å²) in [7, 11) is 0. The fourth-order valence-corrected chi connectivity index (χ4v) is 2.75. The molecule has 0 radical (unpaired) electrons. The molecule has 0 bridgehead atoms. The van der Waals surface area contributed by atoms with Gasteiger partial charge in [-0.2, -0.15) is 0 Å². The summed E-state index contributed by atoms with van der Waals surface area (Å²) in [5, 5.41) is 3.53. The molecule has 5 nitrogen and oxygen atoms in total. The maximum Gasteiger partial charge on any atom is 0.133 e. The predicted octanol–water partition coefficient (Wildman–Crippen LogP) is 2.30. The smallest absolute Gasteiger partial charge is 0.133 e. The summed E-state index contributed by atoms with van der Waals surface area (Å²) in [6.07, 6.45) is 5.51. The quantitative estimate of drug-likeness (QED) is 0.835. The van der Waals surface area contributed by atoms with E-state index < -0.39 is 0 Å². The van der Waals surface area contributed by atoms with Crippen LogP contribution >= 0.6 is 0 Å². The van der Waals surface area contributed by atoms with Gasteiger partial charge in [0.1, 0.15) is 17.5 Å². The van der Waals surface area contributed by atoms with Crippen LogP contribution in [0.25, 0.3) is 0 Å². The second kappa shape index (κ2) is 7.43. The lowest BCUT2D eigenvalue weighted by molar-refractivity contribution is 0.219. The molecule has 1 aromatic rings. The van der Waals surface area contributed by atoms with Crippen LogP contribution in [-0.4, -0.2) is 40.5 Å². The van der Waals surface area contributed by atoms with Crippen molar-refractivity contribution in [2.24, 2.45) is 0 Å². The Balaban J connectivity index is 1.90. The predicted molar refractivity (Wildman–Crippen MR) is 83.8 cm³/mol. The summed E-state index contributed by atoms with van der Waals surface area (Å²) < 4.78 is 0. The van der Waals surface area contributed by atoms with Crippen LogP contribution in [-0.2, 0) is 6.42 Å². The average molecular weight is 277 g/mol. The van der Waals surface area contributed by atoms with E-state index in [2.05, 4.69) is 34.0 Å². The van der Waals surface area contributed by atoms with Crippen molar-refractivity contribution in [3.63, 3.8) is 0 Å². The Kier molecular flexibility index (Phi) is 5.59. The Morgan fingerprint density at radius 1 is 1.25 bits per heavy atom. The third kappa shape index (κ3) is 4.34. The zero-order valence-corrected chi connectivity index (χ0v) is 12.7. The monoisotopic (exact) mass is 277 g/mol. The van der Waals surface area contributed by atoms with Crippen molar-refractivity contribution in [1.82, 2.24) is 14.9 Å². The second-order valence-electron chi connectivity index (χ2n) is 5.60. The standard InChI is InChI=1S/C15H27N5/c1-3-5-14-18-13(16)11-15(19-14)17-12-6-9-20(8-4-2)10-7-12/h11-12H,3-10H2,1-2H3,(H3,16,17,18,19). The van der Waals surface area contributed by atoms with Gasteiger partial charge in [0.05, 0.1) is 0 Å². The molecular formula is C15H27N5. The summed E-state index contributed by atoms with van der Waals surface area (Å²) >= 11 is 0. The number of nitrogens with zero attached hydrogens (tertiary/aromatic N) is 3. The van der Waals surface area contributed by atoms with Gasteiger partial charge in [0.2, 0.25) is 0 Å². The molecule has 0 saturated carbocycles. The molecule has 0 amide bonds. The number of anilines is 2. The SMILES string of the molecule is CCCc1nc(N)cc(NC2CCN(CCC)CC2)n1. The van der Waals surface area contributed by atoms with E-state index in [1.165, 1.54) is 38.9 Å². The Morgan fingerprint density at radius 3 is 2.65 bits per heavy atom. The molecular weight excluding hydrogens is 250 g/mol. The van der Waals surface area contributed by atoms with Crippen molar-refractivity contribution in [1.29, 1.82) is 0 Å². The van der Waals surface area contributed by atoms with Crippen molar-refractivity contribution in [3.05, 3.63) is 11.9 Å². The number of nitrogen functional groups attached to an aromatic ring is 1. The van der Waals surface area contributed by atoms with Crippen LogP contribution in [0, 0.1) is 0 Å². The van der Waals surface area contributed by atoms with Gasteiger partial charge in [0.25, 0.3) is 0 Å². The van der Waals surface area contributed by atoms with E-state index in [9.17, 15) is 0 Å². The van der Waals surface area contributed by atoms with Crippen LogP contribution in [0.15, 0.2) is 6.07 Å². The fraction of sp³-hybridized carbons (Fsp3) is 0.733. The van der Waals surface area contributed by atoms with Crippen molar-refractivity contribution in [2.75, 3.05) is 30.7 Å². The fourth-order valence-electron chi connectivity index (χ4n) is 2.75. The molecule has 2 heterocycles. The number of nitrogens with one attached hydrogen (secondary N) is 1. The number of aryl methyl sites for hydroxylation is 1. The van der Waals surface area contributed by atoms with E-state index in [1.54, 1.807) is 0 Å². The van der Waals surface area contributed by atoms with Gasteiger partial charge < -0.3 is 16.0 Å². The van der Waals surface area contributed by atoms with E-state index in [-0.39, 0.29) is 0 Å². The molecule has 1 aromatic heterocycles. The number of aromatic nitrogens is 2. The first-order valence-electron chi connectivity index (χ1n) is 7.83. The van der Waals surface area contributed by atoms with E-state index in [1.807, 2.05) is 6.07 Å². The van der Waals surface area contributed by atoms with Crippen LogP contribution in [0.5, 0.6) is 0 Å². The summed E-state index contributed by atoms with van der Waals surface area (Å²) in [4.78, 5) is 11.4. The van der Waals surface area contributed by atoms with Crippen molar-refractivity contribution < 1.29 is 0 Å². The highest BCUT2D eigenvalue weighted by atomic mass is 15.1. The molecule has 1 aliphatic heterocycles. The zero-order valence-electron chi connectivity index (χ0n) is 12.7. The zero-order chi connectivity index (χ0) is 14.4. The van der Waals surface area contributed by atoms with Gasteiger partial charge in [0, 0.05) is 31.6 Å². The third-order valence-electron chi connectivity index (χ3n) is 3.75. The van der Waals surface area contributed by atoms with Crippen LogP contribution in [0.3, 0.4) is 0 Å². The lowest BCUT2D eigenvalue weighted by Crippen LogP contribution is -2.39. The highest BCUT2D eigenvalue weighted by Gasteiger charge is 2.18. The topological polar surface area (TPSA) is 67.1 Å². The van der Waals surface area contributed by atoms with E-state index in [0.29, 0.717) is 11.9 Å². The Hall–Kier alpha value is -1.36. The lowest BCUT2D eigenvalue weighted by Gasteiger charge is -2.32. The van der Waals surface area contributed by atoms with Crippen molar-refractivity contribution in [2.45, 2.75) is 52.0 Å². The highest BCUT2D eigenvalue weighted by molar-refractivity contribution is 5.45. The van der Waals surface area contributed by atoms with Gasteiger partial charge in [-0.05, 0) is 32.2 Å². The van der Waals surface area contributed by atoms with Crippen LogP contribution in [0.1, 0.15) is 45.4 Å². The molecule has 1 aliphatic rings. The van der Waals surface area contributed by atoms with E-state index in [0.717, 1.165) is 24.5 Å². The summed E-state index contributed by atoms with van der Waals surface area (Å²) in [5.74, 6) is 2.29. The Bertz CT molecular complexity index is 413. The molecule has 1 fully saturated rings. The average Bonchev–Trinajstić information content (AvgIpc) is 2.41. The van der Waals surface area contributed by atoms with E-state index in [4.69, 9.17) is 5.73 Å². The molecule has 5 heteroatoms. The Morgan fingerprint density at radius 2 is 2.00 bits per heavy atom. The van der Waals surface area contributed by atoms with Gasteiger partial charge in [-0.25, -0.2) is 9.97 Å². The second-order valence-corrected chi connectivity index (χ2v) is 5.60. The van der Waals surface area contributed by atoms with Crippen LogP contribution in [0.4, 0.5) is 11.6 Å². The van der Waals surface area contributed by atoms with E-state index >= 15 is 0 Å². The Labute approximate surface area is 122 Å². The minimum Gasteiger partial charge on any atom is -0.384 e. The van der Waals surface area contributed by atoms with Crippen LogP contribution in [0.2, 0.25) is 0 Å². The van der Waals surface area contributed by atoms with Gasteiger partial charge in [0.15, 0.2) is 0 Å². The maximum atomic E-state index is 5.86. The largest absolute Gasteiger partial charge is 0.384 e. The van der Waals surface area contributed by atoms with Gasteiger partial charge >= 0.3 is 0 Å². The minimum atomic E-state index is 0.506. The van der Waals surface area contributed by atoms with Crippen molar-refractivity contribution in [3.8, 4) is 0 Å². The maximum absolute atomic E-state index is 5.86. The molecule has 0 aliphatic carbocycles. The molecule has 0 spiro atoms. The molecule has 20 heavy (non-hydrogen) atoms. The molecule has 0 atom stereocenters. The minimum absolute atomic E-state index is 0.506. The normalized spacial score (nSPS) is 17.3. The first-order chi connectivity index (χ1) is 9.71. The van der Waals surface area contributed by atoms with Gasteiger partial charge in [-0.3, -0.25) is 0 Å². The van der Waals surface area contributed by atoms with Gasteiger partial charge in [-0.1, -0.05) is 13.8 Å². The number of likely N-dealkylation sites (tertiary alicyclic amines) is 1. The molecule has 0 unspecified atom stereocenters. The number of nitrogens with two attached hydrogens (primary N) is 1. The first-order valence-corrected chi connectivity index (χ1v) is 7.83. The van der Waals surface area contributed by atoms with Crippen molar-refractivity contribution >= 4 is 11.6 Å². The number of hydrogen-bond donors (Lipinski definition) is 2. The molecule has 0 aromatic carbocycles. The highest BCUT2D eigenvalue weighted by Crippen LogP contribution is 2.17. The van der Waals surface area contributed by atoms with Crippen LogP contribution < -0.4 is 11.1 Å². The molecule has 2 rings (SSSR count). The first kappa shape index (κ1) is 15.0. The third-order valence-corrected chi connectivity index (χ3v) is 3.75. The number of piperidine rings is 1. The molecule has 1 saturated heterocycles. The molecule has 3 N–H and O–H groups in total. The molecule has 112 valence electrons. The lowest BCUT2D eigenvalue weighted by atomic mass is 10.0.